The van der Waals surface area contributed by atoms with Gasteiger partial charge in [0.1, 0.15) is 18.4 Å². The number of nitrogens with one attached hydrogen (secondary N) is 1. The number of aryl methyl sites for hydroxylation is 1. The number of benzene rings is 3. The number of carbonyl (C=O) groups excluding carboxylic acids is 2. The van der Waals surface area contributed by atoms with E-state index in [1.807, 2.05) is 20.8 Å². The molecule has 2 amide bonds. The number of sulfonamides is 1. The fraction of sp³-hybridized carbons (Fsp3) is 0.310. The van der Waals surface area contributed by atoms with E-state index in [4.69, 9.17) is 11.6 Å². The fourth-order valence-electron chi connectivity index (χ4n) is 3.93. The molecule has 3 aromatic carbocycles. The van der Waals surface area contributed by atoms with Crippen LogP contribution in [0.15, 0.2) is 77.7 Å². The molecule has 7 nitrogen and oxygen atoms in total. The van der Waals surface area contributed by atoms with E-state index < -0.39 is 45.8 Å². The van der Waals surface area contributed by atoms with Gasteiger partial charge in [-0.15, -0.1) is 0 Å². The highest BCUT2D eigenvalue weighted by molar-refractivity contribution is 7.92. The average Bonchev–Trinajstić information content (AvgIpc) is 2.86. The number of rotatable bonds is 9. The van der Waals surface area contributed by atoms with Crippen molar-refractivity contribution in [2.24, 2.45) is 0 Å². The molecule has 1 N–H and O–H groups in total. The van der Waals surface area contributed by atoms with Crippen molar-refractivity contribution >= 4 is 39.1 Å². The lowest BCUT2D eigenvalue weighted by molar-refractivity contribution is -0.140. The van der Waals surface area contributed by atoms with Crippen LogP contribution < -0.4 is 9.62 Å². The van der Waals surface area contributed by atoms with Gasteiger partial charge in [0.25, 0.3) is 10.0 Å². The summed E-state index contributed by atoms with van der Waals surface area (Å²) < 4.78 is 42.3. The largest absolute Gasteiger partial charge is 0.350 e. The van der Waals surface area contributed by atoms with Gasteiger partial charge < -0.3 is 10.2 Å². The molecule has 3 rings (SSSR count). The van der Waals surface area contributed by atoms with E-state index in [1.54, 1.807) is 38.1 Å². The van der Waals surface area contributed by atoms with Gasteiger partial charge in [-0.25, -0.2) is 12.8 Å². The molecule has 3 aromatic rings. The Hall–Kier alpha value is -3.43. The first kappa shape index (κ1) is 30.1. The number of para-hydroxylation sites is 1. The summed E-state index contributed by atoms with van der Waals surface area (Å²) in [5.41, 5.74) is 1.00. The first-order valence-electron chi connectivity index (χ1n) is 12.4. The molecule has 39 heavy (non-hydrogen) atoms. The van der Waals surface area contributed by atoms with Crippen molar-refractivity contribution in [3.8, 4) is 0 Å². The third kappa shape index (κ3) is 7.80. The number of hydrogen-bond acceptors (Lipinski definition) is 4. The van der Waals surface area contributed by atoms with E-state index >= 15 is 0 Å². The highest BCUT2D eigenvalue weighted by Crippen LogP contribution is 2.28. The summed E-state index contributed by atoms with van der Waals surface area (Å²) in [6.45, 7) is 8.20. The van der Waals surface area contributed by atoms with Gasteiger partial charge in [-0.1, -0.05) is 41.9 Å². The molecule has 0 heterocycles. The summed E-state index contributed by atoms with van der Waals surface area (Å²) in [7, 11) is -4.20. The van der Waals surface area contributed by atoms with Crippen LogP contribution in [0.5, 0.6) is 0 Å². The number of anilines is 1. The average molecular weight is 574 g/mol. The maximum atomic E-state index is 13.9. The van der Waals surface area contributed by atoms with E-state index in [-0.39, 0.29) is 11.4 Å². The van der Waals surface area contributed by atoms with Gasteiger partial charge in [-0.05, 0) is 88.2 Å². The predicted octanol–water partition coefficient (Wildman–Crippen LogP) is 5.31. The van der Waals surface area contributed by atoms with Crippen LogP contribution in [0.25, 0.3) is 0 Å². The molecule has 0 fully saturated rings. The summed E-state index contributed by atoms with van der Waals surface area (Å²) in [4.78, 5) is 28.3. The van der Waals surface area contributed by atoms with Crippen LogP contribution in [-0.4, -0.2) is 43.3 Å². The Kier molecular flexibility index (Phi) is 9.40. The Morgan fingerprint density at radius 3 is 2.13 bits per heavy atom. The number of hydrogen-bond donors (Lipinski definition) is 1. The zero-order chi connectivity index (χ0) is 29.0. The third-order valence-electron chi connectivity index (χ3n) is 6.00. The Bertz CT molecular complexity index is 1420. The molecule has 0 saturated heterocycles. The van der Waals surface area contributed by atoms with Crippen LogP contribution >= 0.6 is 11.6 Å². The summed E-state index contributed by atoms with van der Waals surface area (Å²) >= 11 is 5.98. The van der Waals surface area contributed by atoms with Crippen molar-refractivity contribution in [1.29, 1.82) is 0 Å². The van der Waals surface area contributed by atoms with E-state index in [9.17, 15) is 22.4 Å². The van der Waals surface area contributed by atoms with Crippen LogP contribution in [0.4, 0.5) is 10.1 Å². The van der Waals surface area contributed by atoms with Crippen LogP contribution in [0.3, 0.4) is 0 Å². The second-order valence-corrected chi connectivity index (χ2v) is 12.6. The van der Waals surface area contributed by atoms with E-state index in [0.717, 1.165) is 4.31 Å². The predicted molar refractivity (Wildman–Crippen MR) is 151 cm³/mol. The molecular weight excluding hydrogens is 541 g/mol. The topological polar surface area (TPSA) is 86.8 Å². The zero-order valence-electron chi connectivity index (χ0n) is 22.6. The van der Waals surface area contributed by atoms with Crippen LogP contribution in [-0.2, 0) is 26.2 Å². The molecule has 1 unspecified atom stereocenters. The zero-order valence-corrected chi connectivity index (χ0v) is 24.2. The highest BCUT2D eigenvalue weighted by Gasteiger charge is 2.33. The molecule has 208 valence electrons. The van der Waals surface area contributed by atoms with Crippen molar-refractivity contribution < 1.29 is 22.4 Å². The lowest BCUT2D eigenvalue weighted by Crippen LogP contribution is -2.54. The normalized spacial score (nSPS) is 12.5. The quantitative estimate of drug-likeness (QED) is 0.376. The van der Waals surface area contributed by atoms with Crippen molar-refractivity contribution in [1.82, 2.24) is 10.2 Å². The van der Waals surface area contributed by atoms with E-state index in [2.05, 4.69) is 5.32 Å². The second kappa shape index (κ2) is 12.2. The molecule has 0 aliphatic rings. The van der Waals surface area contributed by atoms with E-state index in [1.165, 1.54) is 53.4 Å². The molecule has 0 spiro atoms. The minimum Gasteiger partial charge on any atom is -0.350 e. The monoisotopic (exact) mass is 573 g/mol. The maximum absolute atomic E-state index is 13.9. The molecule has 10 heteroatoms. The highest BCUT2D eigenvalue weighted by atomic mass is 35.5. The Labute approximate surface area is 234 Å². The minimum absolute atomic E-state index is 0.0273. The van der Waals surface area contributed by atoms with Crippen molar-refractivity contribution in [3.05, 3.63) is 94.8 Å². The molecule has 0 bridgehead atoms. The molecule has 0 saturated carbocycles. The Balaban J connectivity index is 2.04. The lowest BCUT2D eigenvalue weighted by Gasteiger charge is -2.33. The summed E-state index contributed by atoms with van der Waals surface area (Å²) in [6, 6.07) is 17.1. The van der Waals surface area contributed by atoms with Gasteiger partial charge in [-0.2, -0.15) is 0 Å². The van der Waals surface area contributed by atoms with Gasteiger partial charge in [0.15, 0.2) is 0 Å². The summed E-state index contributed by atoms with van der Waals surface area (Å²) in [6.07, 6.45) is 0. The van der Waals surface area contributed by atoms with Crippen LogP contribution in [0, 0.1) is 12.7 Å². The third-order valence-corrected chi connectivity index (χ3v) is 8.02. The minimum atomic E-state index is -4.20. The van der Waals surface area contributed by atoms with E-state index in [0.29, 0.717) is 21.8 Å². The first-order chi connectivity index (χ1) is 18.2. The van der Waals surface area contributed by atoms with Crippen molar-refractivity contribution in [2.75, 3.05) is 10.8 Å². The van der Waals surface area contributed by atoms with Crippen LogP contribution in [0.1, 0.15) is 38.8 Å². The summed E-state index contributed by atoms with van der Waals surface area (Å²) in [5, 5.41) is 3.24. The van der Waals surface area contributed by atoms with Gasteiger partial charge >= 0.3 is 0 Å². The second-order valence-electron chi connectivity index (χ2n) is 10.3. The van der Waals surface area contributed by atoms with Crippen molar-refractivity contribution in [3.63, 3.8) is 0 Å². The molecule has 1 atom stereocenters. The Morgan fingerprint density at radius 1 is 0.974 bits per heavy atom. The molecule has 0 aliphatic carbocycles. The fourth-order valence-corrected chi connectivity index (χ4v) is 5.54. The first-order valence-corrected chi connectivity index (χ1v) is 14.2. The maximum Gasteiger partial charge on any atom is 0.264 e. The molecule has 0 aliphatic heterocycles. The molecular formula is C29H33ClFN3O4S. The van der Waals surface area contributed by atoms with Gasteiger partial charge in [0.2, 0.25) is 11.8 Å². The SMILES string of the molecule is Cc1ccccc1N(CC(=O)N(Cc1ccc(F)cc1)C(C)C(=O)NC(C)(C)C)S(=O)(=O)c1ccc(Cl)cc1. The number of carbonyl (C=O) groups is 2. The Morgan fingerprint density at radius 2 is 1.56 bits per heavy atom. The van der Waals surface area contributed by atoms with Crippen LogP contribution in [0.2, 0.25) is 5.02 Å². The van der Waals surface area contributed by atoms with Crippen molar-refractivity contribution in [2.45, 2.75) is 57.6 Å². The van der Waals surface area contributed by atoms with Gasteiger partial charge in [0, 0.05) is 17.1 Å². The lowest BCUT2D eigenvalue weighted by atomic mass is 10.1. The summed E-state index contributed by atoms with van der Waals surface area (Å²) in [5.74, 6) is -1.44. The molecule has 0 radical (unpaired) electrons. The standard InChI is InChI=1S/C29H33ClFN3O4S/c1-20-8-6-7-9-26(20)34(39(37,38)25-16-12-23(30)13-17-25)19-27(35)33(18-22-10-14-24(31)15-11-22)21(2)28(36)32-29(3,4)5/h6-17,21H,18-19H2,1-5H3,(H,32,36). The van der Waals surface area contributed by atoms with Gasteiger partial charge in [0.05, 0.1) is 10.6 Å². The number of nitrogens with zero attached hydrogens (tertiary/aromatic N) is 2. The number of halogens is 2. The van der Waals surface area contributed by atoms with Gasteiger partial charge in [-0.3, -0.25) is 13.9 Å². The molecule has 0 aromatic heterocycles. The number of amides is 2. The smallest absolute Gasteiger partial charge is 0.264 e.